The number of rotatable bonds is 3. The fourth-order valence-corrected chi connectivity index (χ4v) is 2.46. The van der Waals surface area contributed by atoms with Crippen molar-refractivity contribution in [1.29, 1.82) is 0 Å². The van der Waals surface area contributed by atoms with E-state index in [4.69, 9.17) is 4.74 Å². The highest BCUT2D eigenvalue weighted by Crippen LogP contribution is 2.42. The average molecular weight is 209 g/mol. The Morgan fingerprint density at radius 2 is 2.13 bits per heavy atom. The number of carbonyl (C=O) groups excluding carboxylic acids is 1. The number of likely N-dealkylation sites (tertiary alicyclic amines) is 1. The number of methoxy groups -OCH3 is 1. The van der Waals surface area contributed by atoms with Gasteiger partial charge in [-0.2, -0.15) is 0 Å². The summed E-state index contributed by atoms with van der Waals surface area (Å²) in [6, 6.07) is 0. The minimum absolute atomic E-state index is 0.108. The van der Waals surface area contributed by atoms with Gasteiger partial charge in [0.2, 0.25) is 0 Å². The third kappa shape index (κ3) is 2.23. The molecule has 1 fully saturated rings. The van der Waals surface area contributed by atoms with Crippen LogP contribution in [-0.2, 0) is 9.53 Å². The molecule has 1 heterocycles. The molecule has 0 aromatic rings. The second kappa shape index (κ2) is 4.35. The van der Waals surface area contributed by atoms with Gasteiger partial charge >= 0.3 is 5.97 Å². The normalized spacial score (nSPS) is 23.1. The van der Waals surface area contributed by atoms with E-state index in [-0.39, 0.29) is 5.97 Å². The van der Waals surface area contributed by atoms with Crippen molar-refractivity contribution in [2.75, 3.05) is 26.7 Å². The van der Waals surface area contributed by atoms with E-state index in [0.717, 1.165) is 18.5 Å². The van der Waals surface area contributed by atoms with E-state index in [1.165, 1.54) is 38.6 Å². The quantitative estimate of drug-likeness (QED) is 0.661. The van der Waals surface area contributed by atoms with E-state index in [1.54, 1.807) is 0 Å². The van der Waals surface area contributed by atoms with Crippen LogP contribution in [0.3, 0.4) is 0 Å². The lowest BCUT2D eigenvalue weighted by Crippen LogP contribution is -2.33. The number of hydrogen-bond acceptors (Lipinski definition) is 3. The number of ether oxygens (including phenoxy) is 1. The van der Waals surface area contributed by atoms with Crippen LogP contribution >= 0.6 is 0 Å². The number of allylic oxidation sites excluding steroid dienone is 1. The average Bonchev–Trinajstić information content (AvgIpc) is 3.08. The van der Waals surface area contributed by atoms with Crippen molar-refractivity contribution >= 4 is 5.97 Å². The van der Waals surface area contributed by atoms with Gasteiger partial charge in [-0.3, -0.25) is 0 Å². The zero-order valence-electron chi connectivity index (χ0n) is 9.58. The molecule has 3 heteroatoms. The number of nitrogens with zero attached hydrogens (tertiary/aromatic N) is 1. The van der Waals surface area contributed by atoms with Crippen LogP contribution in [0.2, 0.25) is 0 Å². The molecule has 2 aliphatic rings. The van der Waals surface area contributed by atoms with Crippen LogP contribution in [0.15, 0.2) is 11.1 Å². The first kappa shape index (κ1) is 10.7. The van der Waals surface area contributed by atoms with Crippen molar-refractivity contribution in [2.45, 2.75) is 26.2 Å². The number of piperidine rings is 1. The highest BCUT2D eigenvalue weighted by atomic mass is 16.5. The van der Waals surface area contributed by atoms with Gasteiger partial charge in [-0.15, -0.1) is 0 Å². The standard InChI is InChI=1S/C12H19NO2/c1-3-13-6-4-9(5-7-13)10-8-11(10)12(14)15-2/h9H,3-8H2,1-2H3. The number of hydrogen-bond donors (Lipinski definition) is 0. The monoisotopic (exact) mass is 209 g/mol. The van der Waals surface area contributed by atoms with Gasteiger partial charge in [-0.1, -0.05) is 12.5 Å². The fraction of sp³-hybridized carbons (Fsp3) is 0.750. The van der Waals surface area contributed by atoms with Gasteiger partial charge in [-0.05, 0) is 38.4 Å². The lowest BCUT2D eigenvalue weighted by atomic mass is 9.94. The Morgan fingerprint density at radius 3 is 2.67 bits per heavy atom. The van der Waals surface area contributed by atoms with Gasteiger partial charge in [-0.25, -0.2) is 4.79 Å². The molecular weight excluding hydrogens is 190 g/mol. The first-order valence-electron chi connectivity index (χ1n) is 5.78. The molecular formula is C12H19NO2. The molecule has 0 N–H and O–H groups in total. The van der Waals surface area contributed by atoms with Crippen LogP contribution in [0.5, 0.6) is 0 Å². The third-order valence-corrected chi connectivity index (χ3v) is 3.59. The van der Waals surface area contributed by atoms with Crippen LogP contribution in [0.4, 0.5) is 0 Å². The number of esters is 1. The summed E-state index contributed by atoms with van der Waals surface area (Å²) in [5.74, 6) is 0.546. The molecule has 15 heavy (non-hydrogen) atoms. The molecule has 1 aliphatic heterocycles. The van der Waals surface area contributed by atoms with E-state index in [2.05, 4.69) is 11.8 Å². The number of carbonyl (C=O) groups is 1. The topological polar surface area (TPSA) is 29.5 Å². The van der Waals surface area contributed by atoms with Gasteiger partial charge in [0.1, 0.15) is 0 Å². The van der Waals surface area contributed by atoms with Crippen LogP contribution < -0.4 is 0 Å². The molecule has 2 rings (SSSR count). The zero-order chi connectivity index (χ0) is 10.8. The predicted octanol–water partition coefficient (Wildman–Crippen LogP) is 1.59. The summed E-state index contributed by atoms with van der Waals surface area (Å²) in [6.45, 7) is 5.71. The zero-order valence-corrected chi connectivity index (χ0v) is 9.58. The molecule has 0 bridgehead atoms. The van der Waals surface area contributed by atoms with E-state index in [1.807, 2.05) is 0 Å². The lowest BCUT2D eigenvalue weighted by molar-refractivity contribution is -0.135. The molecule has 0 radical (unpaired) electrons. The molecule has 3 nitrogen and oxygen atoms in total. The van der Waals surface area contributed by atoms with Crippen molar-refractivity contribution in [2.24, 2.45) is 5.92 Å². The van der Waals surface area contributed by atoms with Crippen LogP contribution in [0.25, 0.3) is 0 Å². The largest absolute Gasteiger partial charge is 0.466 e. The van der Waals surface area contributed by atoms with Crippen molar-refractivity contribution in [3.05, 3.63) is 11.1 Å². The van der Waals surface area contributed by atoms with Gasteiger partial charge in [0.25, 0.3) is 0 Å². The molecule has 0 aromatic heterocycles. The van der Waals surface area contributed by atoms with E-state index in [0.29, 0.717) is 5.92 Å². The van der Waals surface area contributed by atoms with Crippen molar-refractivity contribution in [3.8, 4) is 0 Å². The highest BCUT2D eigenvalue weighted by Gasteiger charge is 2.35. The van der Waals surface area contributed by atoms with Gasteiger partial charge in [0.05, 0.1) is 7.11 Å². The minimum Gasteiger partial charge on any atom is -0.466 e. The van der Waals surface area contributed by atoms with Crippen LogP contribution in [0.1, 0.15) is 26.2 Å². The Bertz CT molecular complexity index is 288. The summed E-state index contributed by atoms with van der Waals surface area (Å²) in [7, 11) is 1.46. The molecule has 0 atom stereocenters. The summed E-state index contributed by atoms with van der Waals surface area (Å²) >= 11 is 0. The predicted molar refractivity (Wildman–Crippen MR) is 58.5 cm³/mol. The van der Waals surface area contributed by atoms with Gasteiger partial charge < -0.3 is 9.64 Å². The maximum absolute atomic E-state index is 11.3. The summed E-state index contributed by atoms with van der Waals surface area (Å²) in [4.78, 5) is 13.7. The Kier molecular flexibility index (Phi) is 3.10. The van der Waals surface area contributed by atoms with E-state index >= 15 is 0 Å². The minimum atomic E-state index is -0.108. The molecule has 0 spiro atoms. The second-order valence-corrected chi connectivity index (χ2v) is 4.38. The SMILES string of the molecule is CCN1CCC(C2=C(C(=O)OC)C2)CC1. The molecule has 1 saturated heterocycles. The first-order chi connectivity index (χ1) is 7.26. The van der Waals surface area contributed by atoms with E-state index in [9.17, 15) is 4.79 Å². The van der Waals surface area contributed by atoms with Crippen LogP contribution in [-0.4, -0.2) is 37.6 Å². The van der Waals surface area contributed by atoms with Crippen molar-refractivity contribution < 1.29 is 9.53 Å². The Hall–Kier alpha value is -0.830. The molecule has 0 saturated carbocycles. The maximum Gasteiger partial charge on any atom is 0.334 e. The fourth-order valence-electron chi connectivity index (χ4n) is 2.46. The van der Waals surface area contributed by atoms with Gasteiger partial charge in [0.15, 0.2) is 0 Å². The smallest absolute Gasteiger partial charge is 0.334 e. The Labute approximate surface area is 91.1 Å². The molecule has 0 aromatic carbocycles. The maximum atomic E-state index is 11.3. The molecule has 0 unspecified atom stereocenters. The Balaban J connectivity index is 1.88. The molecule has 1 aliphatic carbocycles. The van der Waals surface area contributed by atoms with Crippen molar-refractivity contribution in [1.82, 2.24) is 4.90 Å². The van der Waals surface area contributed by atoms with Gasteiger partial charge in [0, 0.05) is 12.0 Å². The summed E-state index contributed by atoms with van der Waals surface area (Å²) in [5, 5.41) is 0. The van der Waals surface area contributed by atoms with Crippen molar-refractivity contribution in [3.63, 3.8) is 0 Å². The first-order valence-corrected chi connectivity index (χ1v) is 5.78. The third-order valence-electron chi connectivity index (χ3n) is 3.59. The molecule has 0 amide bonds. The second-order valence-electron chi connectivity index (χ2n) is 4.38. The summed E-state index contributed by atoms with van der Waals surface area (Å²) in [6.07, 6.45) is 3.33. The Morgan fingerprint density at radius 1 is 1.47 bits per heavy atom. The van der Waals surface area contributed by atoms with E-state index < -0.39 is 0 Å². The van der Waals surface area contributed by atoms with Crippen LogP contribution in [0, 0.1) is 5.92 Å². The molecule has 84 valence electrons. The lowest BCUT2D eigenvalue weighted by Gasteiger charge is -2.29. The highest BCUT2D eigenvalue weighted by molar-refractivity contribution is 5.95. The summed E-state index contributed by atoms with van der Waals surface area (Å²) in [5.41, 5.74) is 2.32. The summed E-state index contributed by atoms with van der Waals surface area (Å²) < 4.78 is 4.73.